The summed E-state index contributed by atoms with van der Waals surface area (Å²) >= 11 is 6.37. The van der Waals surface area contributed by atoms with Crippen LogP contribution < -0.4 is 9.47 Å². The lowest BCUT2D eigenvalue weighted by molar-refractivity contribution is -0.00773. The van der Waals surface area contributed by atoms with Crippen LogP contribution in [0.1, 0.15) is 64.9 Å². The van der Waals surface area contributed by atoms with Gasteiger partial charge in [-0.2, -0.15) is 0 Å². The zero-order valence-electron chi connectivity index (χ0n) is 21.4. The molecule has 37 heavy (non-hydrogen) atoms. The number of amides is 1. The fraction of sp³-hybridized carbons (Fsp3) is 0.577. The number of hydrogen-bond donors (Lipinski definition) is 0. The van der Waals surface area contributed by atoms with Crippen molar-refractivity contribution in [2.45, 2.75) is 100 Å². The van der Waals surface area contributed by atoms with Gasteiger partial charge in [0.1, 0.15) is 23.8 Å². The first-order valence-electron chi connectivity index (χ1n) is 12.6. The Morgan fingerprint density at radius 2 is 1.70 bits per heavy atom. The van der Waals surface area contributed by atoms with Gasteiger partial charge in [0.2, 0.25) is 11.8 Å². The molecule has 1 unspecified atom stereocenters. The topological polar surface area (TPSA) is 108 Å². The zero-order chi connectivity index (χ0) is 26.5. The highest BCUT2D eigenvalue weighted by molar-refractivity contribution is 7.92. The van der Waals surface area contributed by atoms with Crippen molar-refractivity contribution in [3.05, 3.63) is 35.1 Å². The Labute approximate surface area is 222 Å². The van der Waals surface area contributed by atoms with Crippen molar-refractivity contribution < 1.29 is 27.4 Å². The van der Waals surface area contributed by atoms with Gasteiger partial charge in [0.25, 0.3) is 0 Å². The Morgan fingerprint density at radius 1 is 1.05 bits per heavy atom. The average Bonchev–Trinajstić information content (AvgIpc) is 3.62. The second-order valence-electron chi connectivity index (χ2n) is 11.0. The molecule has 2 aromatic rings. The van der Waals surface area contributed by atoms with E-state index >= 15 is 0 Å². The number of benzene rings is 1. The molecule has 3 atom stereocenters. The molecule has 3 aliphatic rings. The first-order chi connectivity index (χ1) is 17.4. The predicted molar refractivity (Wildman–Crippen MR) is 137 cm³/mol. The summed E-state index contributed by atoms with van der Waals surface area (Å²) in [6, 6.07) is 4.62. The van der Waals surface area contributed by atoms with E-state index < -0.39 is 15.4 Å². The number of fused-ring (bicyclic) bond motifs is 2. The number of nitrogens with zero attached hydrogens (tertiary/aromatic N) is 3. The molecule has 2 bridgehead atoms. The summed E-state index contributed by atoms with van der Waals surface area (Å²) < 4.78 is 42.8. The molecular weight excluding hydrogens is 518 g/mol. The monoisotopic (exact) mass is 549 g/mol. The molecule has 0 spiro atoms. The number of carbonyl (C=O) groups excluding carboxylic acids is 1. The van der Waals surface area contributed by atoms with E-state index in [0.29, 0.717) is 42.9 Å². The molecule has 2 saturated heterocycles. The van der Waals surface area contributed by atoms with Crippen LogP contribution in [0.25, 0.3) is 0 Å². The van der Waals surface area contributed by atoms with Gasteiger partial charge in [0, 0.05) is 24.9 Å². The predicted octanol–water partition coefficient (Wildman–Crippen LogP) is 5.48. The molecule has 1 aromatic carbocycles. The van der Waals surface area contributed by atoms with E-state index in [-0.39, 0.29) is 45.3 Å². The SMILES string of the molecule is Cc1c(Oc2ccc(S(=O)(=O)C3CC3)cc2Cl)ncnc1O[C@H]1CC2CC[C@@H](C1)N2C(=O)OC(C)(C)C. The fourth-order valence-electron chi connectivity index (χ4n) is 5.05. The highest BCUT2D eigenvalue weighted by Gasteiger charge is 2.46. The smallest absolute Gasteiger partial charge is 0.410 e. The summed E-state index contributed by atoms with van der Waals surface area (Å²) in [4.78, 5) is 23.3. The van der Waals surface area contributed by atoms with Crippen LogP contribution in [0.15, 0.2) is 29.4 Å². The van der Waals surface area contributed by atoms with Crippen LogP contribution in [0.3, 0.4) is 0 Å². The molecule has 3 heterocycles. The second-order valence-corrected chi connectivity index (χ2v) is 13.7. The van der Waals surface area contributed by atoms with Crippen LogP contribution in [-0.4, -0.2) is 58.4 Å². The van der Waals surface area contributed by atoms with E-state index in [9.17, 15) is 13.2 Å². The number of carbonyl (C=O) groups is 1. The van der Waals surface area contributed by atoms with Crippen molar-refractivity contribution in [3.63, 3.8) is 0 Å². The summed E-state index contributed by atoms with van der Waals surface area (Å²) in [5.41, 5.74) is 0.0719. The van der Waals surface area contributed by atoms with Crippen LogP contribution in [0, 0.1) is 6.92 Å². The van der Waals surface area contributed by atoms with Crippen molar-refractivity contribution in [2.75, 3.05) is 0 Å². The fourth-order valence-corrected chi connectivity index (χ4v) is 7.02. The molecule has 0 N–H and O–H groups in total. The molecule has 1 saturated carbocycles. The van der Waals surface area contributed by atoms with Gasteiger partial charge in [-0.1, -0.05) is 11.6 Å². The largest absolute Gasteiger partial charge is 0.474 e. The normalized spacial score (nSPS) is 23.6. The molecule has 2 aliphatic heterocycles. The van der Waals surface area contributed by atoms with E-state index in [0.717, 1.165) is 12.8 Å². The lowest BCUT2D eigenvalue weighted by atomic mass is 10.00. The summed E-state index contributed by atoms with van der Waals surface area (Å²) in [5.74, 6) is 0.982. The number of halogens is 1. The number of hydrogen-bond acceptors (Lipinski definition) is 8. The van der Waals surface area contributed by atoms with Gasteiger partial charge in [-0.3, -0.25) is 0 Å². The summed E-state index contributed by atoms with van der Waals surface area (Å²) in [5, 5.41) is -0.126. The molecule has 1 aliphatic carbocycles. The lowest BCUT2D eigenvalue weighted by Gasteiger charge is -2.39. The number of rotatable bonds is 6. The molecule has 200 valence electrons. The summed E-state index contributed by atoms with van der Waals surface area (Å²) in [6.07, 6.45) is 5.59. The van der Waals surface area contributed by atoms with Gasteiger partial charge in [0.15, 0.2) is 9.84 Å². The quantitative estimate of drug-likeness (QED) is 0.466. The second kappa shape index (κ2) is 9.62. The van der Waals surface area contributed by atoms with Crippen molar-refractivity contribution in [3.8, 4) is 17.5 Å². The van der Waals surface area contributed by atoms with E-state index in [1.54, 1.807) is 13.0 Å². The van der Waals surface area contributed by atoms with Crippen molar-refractivity contribution in [1.82, 2.24) is 14.9 Å². The maximum atomic E-state index is 12.7. The molecule has 1 amide bonds. The third kappa shape index (κ3) is 5.50. The molecule has 11 heteroatoms. The lowest BCUT2D eigenvalue weighted by Crippen LogP contribution is -2.50. The van der Waals surface area contributed by atoms with Crippen LogP contribution in [-0.2, 0) is 14.6 Å². The number of sulfone groups is 1. The van der Waals surface area contributed by atoms with Gasteiger partial charge < -0.3 is 19.1 Å². The Balaban J connectivity index is 1.27. The minimum atomic E-state index is -3.35. The molecule has 0 radical (unpaired) electrons. The average molecular weight is 550 g/mol. The first kappa shape index (κ1) is 26.0. The third-order valence-electron chi connectivity index (χ3n) is 6.97. The minimum Gasteiger partial charge on any atom is -0.474 e. The summed E-state index contributed by atoms with van der Waals surface area (Å²) in [6.45, 7) is 7.42. The van der Waals surface area contributed by atoms with Crippen molar-refractivity contribution in [2.24, 2.45) is 0 Å². The molecule has 1 aromatic heterocycles. The summed E-state index contributed by atoms with van der Waals surface area (Å²) in [7, 11) is -3.35. The molecule has 9 nitrogen and oxygen atoms in total. The van der Waals surface area contributed by atoms with Crippen LogP contribution in [0.5, 0.6) is 17.5 Å². The van der Waals surface area contributed by atoms with E-state index in [1.807, 2.05) is 25.7 Å². The van der Waals surface area contributed by atoms with Gasteiger partial charge in [-0.25, -0.2) is 23.2 Å². The maximum Gasteiger partial charge on any atom is 0.410 e. The Bertz CT molecular complexity index is 1290. The Kier molecular flexibility index (Phi) is 6.77. The molecular formula is C26H32ClN3O6S. The highest BCUT2D eigenvalue weighted by atomic mass is 35.5. The van der Waals surface area contributed by atoms with E-state index in [4.69, 9.17) is 25.8 Å². The number of aromatic nitrogens is 2. The Hall–Kier alpha value is -2.59. The minimum absolute atomic E-state index is 0.0701. The van der Waals surface area contributed by atoms with Gasteiger partial charge in [-0.15, -0.1) is 0 Å². The number of ether oxygens (including phenoxy) is 3. The van der Waals surface area contributed by atoms with Gasteiger partial charge >= 0.3 is 6.09 Å². The van der Waals surface area contributed by atoms with E-state index in [1.165, 1.54) is 18.5 Å². The van der Waals surface area contributed by atoms with Crippen LogP contribution in [0.2, 0.25) is 5.02 Å². The maximum absolute atomic E-state index is 12.7. The van der Waals surface area contributed by atoms with Crippen LogP contribution >= 0.6 is 11.6 Å². The number of piperidine rings is 1. The highest BCUT2D eigenvalue weighted by Crippen LogP contribution is 2.40. The van der Waals surface area contributed by atoms with Crippen LogP contribution in [0.4, 0.5) is 4.79 Å². The third-order valence-corrected chi connectivity index (χ3v) is 9.52. The Morgan fingerprint density at radius 3 is 2.30 bits per heavy atom. The van der Waals surface area contributed by atoms with Gasteiger partial charge in [0.05, 0.1) is 20.7 Å². The van der Waals surface area contributed by atoms with Crippen molar-refractivity contribution in [1.29, 1.82) is 0 Å². The van der Waals surface area contributed by atoms with Crippen molar-refractivity contribution >= 4 is 27.5 Å². The molecule has 3 fully saturated rings. The zero-order valence-corrected chi connectivity index (χ0v) is 23.0. The van der Waals surface area contributed by atoms with Gasteiger partial charge in [-0.05, 0) is 71.6 Å². The first-order valence-corrected chi connectivity index (χ1v) is 14.6. The molecule has 5 rings (SSSR count). The standard InChI is InChI=1S/C26H32ClN3O6S/c1-15-23(34-18-11-16-5-6-17(12-18)30(16)25(31)36-26(2,3)4)28-14-29-24(15)35-22-10-9-20(13-21(22)27)37(32,33)19-7-8-19/h9-10,13-14,16-19H,5-8,11-12H2,1-4H3/t16-,17?,18+/m0/s1. The van der Waals surface area contributed by atoms with E-state index in [2.05, 4.69) is 9.97 Å².